The first-order valence-electron chi connectivity index (χ1n) is 7.60. The number of anilines is 5. The van der Waals surface area contributed by atoms with Gasteiger partial charge in [-0.3, -0.25) is 0 Å². The van der Waals surface area contributed by atoms with E-state index < -0.39 is 11.6 Å². The standard InChI is InChI=1S/C18H17F2N5/c1-25(2)13-8-6-12(7-9-13)23-16-10-17(22-11-21-16)24-18-14(19)4-3-5-15(18)20/h3-11H,1-2H3,(H2,21,22,23,24). The highest BCUT2D eigenvalue weighted by molar-refractivity contribution is 5.64. The monoisotopic (exact) mass is 341 g/mol. The fourth-order valence-corrected chi connectivity index (χ4v) is 2.23. The Hall–Kier alpha value is -3.22. The Bertz CT molecular complexity index is 845. The van der Waals surface area contributed by atoms with Gasteiger partial charge in [0, 0.05) is 31.5 Å². The van der Waals surface area contributed by atoms with Crippen LogP contribution in [0.15, 0.2) is 54.9 Å². The number of benzene rings is 2. The molecule has 0 bridgehead atoms. The fourth-order valence-electron chi connectivity index (χ4n) is 2.23. The van der Waals surface area contributed by atoms with Crippen molar-refractivity contribution in [1.29, 1.82) is 0 Å². The lowest BCUT2D eigenvalue weighted by molar-refractivity contribution is 0.590. The molecule has 128 valence electrons. The maximum Gasteiger partial charge on any atom is 0.149 e. The normalized spacial score (nSPS) is 10.4. The Kier molecular flexibility index (Phi) is 4.74. The highest BCUT2D eigenvalue weighted by Gasteiger charge is 2.09. The fraction of sp³-hybridized carbons (Fsp3) is 0.111. The van der Waals surface area contributed by atoms with Crippen LogP contribution >= 0.6 is 0 Å². The van der Waals surface area contributed by atoms with Gasteiger partial charge in [0.05, 0.1) is 0 Å². The lowest BCUT2D eigenvalue weighted by Gasteiger charge is -2.13. The van der Waals surface area contributed by atoms with Crippen molar-refractivity contribution in [3.63, 3.8) is 0 Å². The lowest BCUT2D eigenvalue weighted by Crippen LogP contribution is -2.08. The van der Waals surface area contributed by atoms with Gasteiger partial charge in [0.2, 0.25) is 0 Å². The van der Waals surface area contributed by atoms with E-state index in [2.05, 4.69) is 20.6 Å². The van der Waals surface area contributed by atoms with Gasteiger partial charge in [0.15, 0.2) is 0 Å². The Morgan fingerprint density at radius 3 is 2.04 bits per heavy atom. The molecule has 0 saturated carbocycles. The molecule has 0 aliphatic carbocycles. The molecule has 0 saturated heterocycles. The molecular weight excluding hydrogens is 324 g/mol. The van der Waals surface area contributed by atoms with Crippen molar-refractivity contribution in [1.82, 2.24) is 9.97 Å². The smallest absolute Gasteiger partial charge is 0.149 e. The van der Waals surface area contributed by atoms with E-state index in [1.165, 1.54) is 24.5 Å². The van der Waals surface area contributed by atoms with Crippen LogP contribution in [-0.2, 0) is 0 Å². The second-order valence-electron chi connectivity index (χ2n) is 5.58. The minimum absolute atomic E-state index is 0.248. The van der Waals surface area contributed by atoms with E-state index in [1.54, 1.807) is 6.07 Å². The molecule has 3 aromatic rings. The molecule has 0 spiro atoms. The van der Waals surface area contributed by atoms with Crippen molar-refractivity contribution in [2.45, 2.75) is 0 Å². The van der Waals surface area contributed by atoms with Crippen LogP contribution in [0.5, 0.6) is 0 Å². The molecule has 25 heavy (non-hydrogen) atoms. The molecule has 2 aromatic carbocycles. The van der Waals surface area contributed by atoms with Crippen molar-refractivity contribution < 1.29 is 8.78 Å². The zero-order chi connectivity index (χ0) is 17.8. The van der Waals surface area contributed by atoms with E-state index in [1.807, 2.05) is 43.3 Å². The second-order valence-corrected chi connectivity index (χ2v) is 5.58. The van der Waals surface area contributed by atoms with Crippen LogP contribution in [0.25, 0.3) is 0 Å². The lowest BCUT2D eigenvalue weighted by atomic mass is 10.2. The number of nitrogens with one attached hydrogen (secondary N) is 2. The van der Waals surface area contributed by atoms with Crippen molar-refractivity contribution in [2.24, 2.45) is 0 Å². The Morgan fingerprint density at radius 2 is 1.44 bits per heavy atom. The molecule has 2 N–H and O–H groups in total. The van der Waals surface area contributed by atoms with Crippen LogP contribution in [0.4, 0.5) is 37.5 Å². The number of nitrogens with zero attached hydrogens (tertiary/aromatic N) is 3. The topological polar surface area (TPSA) is 53.1 Å². The van der Waals surface area contributed by atoms with Gasteiger partial charge in [-0.05, 0) is 36.4 Å². The van der Waals surface area contributed by atoms with Gasteiger partial charge in [-0.2, -0.15) is 0 Å². The molecule has 0 aliphatic heterocycles. The first-order chi connectivity index (χ1) is 12.0. The SMILES string of the molecule is CN(C)c1ccc(Nc2cc(Nc3c(F)cccc3F)ncn2)cc1. The van der Waals surface area contributed by atoms with Crippen molar-refractivity contribution in [3.05, 3.63) is 66.5 Å². The third-order valence-corrected chi connectivity index (χ3v) is 3.54. The molecule has 0 aliphatic rings. The Labute approximate surface area is 144 Å². The van der Waals surface area contributed by atoms with E-state index >= 15 is 0 Å². The zero-order valence-corrected chi connectivity index (χ0v) is 13.8. The quantitative estimate of drug-likeness (QED) is 0.724. The second kappa shape index (κ2) is 7.12. The summed E-state index contributed by atoms with van der Waals surface area (Å²) in [6.07, 6.45) is 1.32. The average Bonchev–Trinajstić information content (AvgIpc) is 2.59. The van der Waals surface area contributed by atoms with Gasteiger partial charge in [-0.15, -0.1) is 0 Å². The summed E-state index contributed by atoms with van der Waals surface area (Å²) >= 11 is 0. The molecule has 7 heteroatoms. The van der Waals surface area contributed by atoms with Gasteiger partial charge in [0.25, 0.3) is 0 Å². The maximum atomic E-state index is 13.7. The molecule has 0 amide bonds. The summed E-state index contributed by atoms with van der Waals surface area (Å²) in [6.45, 7) is 0. The van der Waals surface area contributed by atoms with Crippen LogP contribution in [0.2, 0.25) is 0 Å². The minimum atomic E-state index is -0.688. The van der Waals surface area contributed by atoms with E-state index in [-0.39, 0.29) is 11.5 Å². The van der Waals surface area contributed by atoms with Gasteiger partial charge in [0.1, 0.15) is 35.3 Å². The molecule has 5 nitrogen and oxygen atoms in total. The summed E-state index contributed by atoms with van der Waals surface area (Å²) < 4.78 is 27.4. The van der Waals surface area contributed by atoms with Crippen molar-refractivity contribution in [3.8, 4) is 0 Å². The third-order valence-electron chi connectivity index (χ3n) is 3.54. The number of hydrogen-bond acceptors (Lipinski definition) is 5. The average molecular weight is 341 g/mol. The number of hydrogen-bond donors (Lipinski definition) is 2. The highest BCUT2D eigenvalue weighted by Crippen LogP contribution is 2.24. The van der Waals surface area contributed by atoms with Crippen LogP contribution in [0.3, 0.4) is 0 Å². The largest absolute Gasteiger partial charge is 0.378 e. The van der Waals surface area contributed by atoms with E-state index in [9.17, 15) is 8.78 Å². The molecule has 0 unspecified atom stereocenters. The number of aromatic nitrogens is 2. The molecule has 1 heterocycles. The highest BCUT2D eigenvalue weighted by atomic mass is 19.1. The number of para-hydroxylation sites is 1. The van der Waals surface area contributed by atoms with Crippen LogP contribution < -0.4 is 15.5 Å². The summed E-state index contributed by atoms with van der Waals surface area (Å²) in [6, 6.07) is 13.0. The predicted octanol–water partition coefficient (Wildman–Crippen LogP) is 4.31. The molecule has 0 atom stereocenters. The van der Waals surface area contributed by atoms with E-state index in [0.717, 1.165) is 11.4 Å². The van der Waals surface area contributed by atoms with Crippen molar-refractivity contribution in [2.75, 3.05) is 29.6 Å². The number of halogens is 2. The third kappa shape index (κ3) is 4.00. The molecule has 1 aromatic heterocycles. The minimum Gasteiger partial charge on any atom is -0.378 e. The predicted molar refractivity (Wildman–Crippen MR) is 95.7 cm³/mol. The van der Waals surface area contributed by atoms with Crippen LogP contribution in [-0.4, -0.2) is 24.1 Å². The summed E-state index contributed by atoms with van der Waals surface area (Å²) in [5.74, 6) is -0.585. The molecule has 3 rings (SSSR count). The summed E-state index contributed by atoms with van der Waals surface area (Å²) in [5, 5.41) is 5.77. The van der Waals surface area contributed by atoms with Gasteiger partial charge >= 0.3 is 0 Å². The first kappa shape index (κ1) is 16.6. The molecular formula is C18H17F2N5. The van der Waals surface area contributed by atoms with Gasteiger partial charge < -0.3 is 15.5 Å². The number of rotatable bonds is 5. The first-order valence-corrected chi connectivity index (χ1v) is 7.60. The maximum absolute atomic E-state index is 13.7. The summed E-state index contributed by atoms with van der Waals surface area (Å²) in [4.78, 5) is 10.1. The van der Waals surface area contributed by atoms with E-state index in [4.69, 9.17) is 0 Å². The van der Waals surface area contributed by atoms with Gasteiger partial charge in [-0.25, -0.2) is 18.7 Å². The molecule has 0 fully saturated rings. The summed E-state index contributed by atoms with van der Waals surface area (Å²) in [7, 11) is 3.93. The van der Waals surface area contributed by atoms with Crippen LogP contribution in [0.1, 0.15) is 0 Å². The van der Waals surface area contributed by atoms with Crippen molar-refractivity contribution >= 4 is 28.7 Å². The van der Waals surface area contributed by atoms with Crippen LogP contribution in [0, 0.1) is 11.6 Å². The van der Waals surface area contributed by atoms with Gasteiger partial charge in [-0.1, -0.05) is 6.07 Å². The molecule has 0 radical (unpaired) electrons. The Balaban J connectivity index is 1.77. The zero-order valence-electron chi connectivity index (χ0n) is 13.8. The Morgan fingerprint density at radius 1 is 0.840 bits per heavy atom. The van der Waals surface area contributed by atoms with E-state index in [0.29, 0.717) is 5.82 Å². The summed E-state index contributed by atoms with van der Waals surface area (Å²) in [5.41, 5.74) is 1.67.